The van der Waals surface area contributed by atoms with E-state index in [1.54, 1.807) is 29.7 Å². The van der Waals surface area contributed by atoms with E-state index in [4.69, 9.17) is 0 Å². The summed E-state index contributed by atoms with van der Waals surface area (Å²) >= 11 is 2.79. The van der Waals surface area contributed by atoms with Crippen LogP contribution < -0.4 is 10.6 Å². The molecule has 0 bridgehead atoms. The molecule has 1 aliphatic rings. The molecule has 0 aromatic carbocycles. The Labute approximate surface area is 149 Å². The topological polar surface area (TPSA) is 88.2 Å². The van der Waals surface area contributed by atoms with Crippen molar-refractivity contribution in [2.75, 3.05) is 0 Å². The molecule has 0 fully saturated rings. The third-order valence-electron chi connectivity index (χ3n) is 4.04. The van der Waals surface area contributed by atoms with Crippen molar-refractivity contribution in [3.63, 3.8) is 0 Å². The molecule has 3 heterocycles. The van der Waals surface area contributed by atoms with Crippen LogP contribution in [0.2, 0.25) is 0 Å². The summed E-state index contributed by atoms with van der Waals surface area (Å²) in [6.07, 6.45) is 3.14. The van der Waals surface area contributed by atoms with Crippen LogP contribution in [0.5, 0.6) is 0 Å². The van der Waals surface area contributed by atoms with E-state index in [0.29, 0.717) is 22.7 Å². The Morgan fingerprint density at radius 3 is 2.96 bits per heavy atom. The first-order chi connectivity index (χ1) is 11.4. The summed E-state index contributed by atoms with van der Waals surface area (Å²) in [7, 11) is -3.26. The number of aromatic nitrogens is 1. The number of hydrogen-bond donors (Lipinski definition) is 2. The maximum absolute atomic E-state index is 12.3. The van der Waals surface area contributed by atoms with Crippen LogP contribution in [0.15, 0.2) is 21.9 Å². The average Bonchev–Trinajstić information content (AvgIpc) is 3.20. The SMILES string of the molecule is CCc1cnc(CNC(=O)N[C@H]2C[C@H](C)S(=O)(=O)c3sccc32)s1. The van der Waals surface area contributed by atoms with Crippen molar-refractivity contribution in [2.24, 2.45) is 0 Å². The van der Waals surface area contributed by atoms with Crippen LogP contribution in [-0.4, -0.2) is 24.7 Å². The average molecular weight is 386 g/mol. The molecule has 0 saturated heterocycles. The molecule has 0 saturated carbocycles. The smallest absolute Gasteiger partial charge is 0.315 e. The highest BCUT2D eigenvalue weighted by molar-refractivity contribution is 7.94. The van der Waals surface area contributed by atoms with E-state index < -0.39 is 15.1 Å². The van der Waals surface area contributed by atoms with Crippen molar-refractivity contribution in [1.82, 2.24) is 15.6 Å². The van der Waals surface area contributed by atoms with Gasteiger partial charge in [-0.25, -0.2) is 18.2 Å². The zero-order chi connectivity index (χ0) is 17.3. The summed E-state index contributed by atoms with van der Waals surface area (Å²) in [5.74, 6) is 0. The monoisotopic (exact) mass is 385 g/mol. The number of fused-ring (bicyclic) bond motifs is 1. The summed E-state index contributed by atoms with van der Waals surface area (Å²) in [5.41, 5.74) is 0.691. The minimum Gasteiger partial charge on any atom is -0.332 e. The van der Waals surface area contributed by atoms with E-state index in [2.05, 4.69) is 22.5 Å². The van der Waals surface area contributed by atoms with Crippen LogP contribution in [0, 0.1) is 0 Å². The lowest BCUT2D eigenvalue weighted by atomic mass is 10.1. The molecule has 24 heavy (non-hydrogen) atoms. The molecular formula is C15H19N3O3S3. The number of amides is 2. The molecule has 130 valence electrons. The fraction of sp³-hybridized carbons (Fsp3) is 0.467. The Balaban J connectivity index is 1.65. The first-order valence-electron chi connectivity index (χ1n) is 7.71. The molecule has 2 aromatic heterocycles. The second-order valence-electron chi connectivity index (χ2n) is 5.71. The maximum atomic E-state index is 12.3. The Morgan fingerprint density at radius 2 is 2.25 bits per heavy atom. The van der Waals surface area contributed by atoms with Gasteiger partial charge >= 0.3 is 6.03 Å². The van der Waals surface area contributed by atoms with Gasteiger partial charge < -0.3 is 10.6 Å². The maximum Gasteiger partial charge on any atom is 0.315 e. The number of rotatable bonds is 4. The quantitative estimate of drug-likeness (QED) is 0.847. The zero-order valence-electron chi connectivity index (χ0n) is 13.4. The molecule has 2 N–H and O–H groups in total. The first kappa shape index (κ1) is 17.4. The number of sulfone groups is 1. The van der Waals surface area contributed by atoms with Crippen molar-refractivity contribution in [1.29, 1.82) is 0 Å². The number of urea groups is 1. The minimum atomic E-state index is -3.26. The second kappa shape index (κ2) is 6.81. The molecule has 2 amide bonds. The summed E-state index contributed by atoms with van der Waals surface area (Å²) < 4.78 is 25.0. The van der Waals surface area contributed by atoms with Gasteiger partial charge in [-0.05, 0) is 31.2 Å². The summed E-state index contributed by atoms with van der Waals surface area (Å²) in [4.78, 5) is 17.6. The molecule has 0 spiro atoms. The summed E-state index contributed by atoms with van der Waals surface area (Å²) in [5, 5.41) is 7.80. The third-order valence-corrected chi connectivity index (χ3v) is 8.90. The van der Waals surface area contributed by atoms with Gasteiger partial charge in [0, 0.05) is 16.6 Å². The molecule has 2 atom stereocenters. The number of thiophene rings is 1. The van der Waals surface area contributed by atoms with Crippen LogP contribution >= 0.6 is 22.7 Å². The predicted octanol–water partition coefficient (Wildman–Crippen LogP) is 2.87. The summed E-state index contributed by atoms with van der Waals surface area (Å²) in [6.45, 7) is 4.12. The highest BCUT2D eigenvalue weighted by Gasteiger charge is 2.37. The van der Waals surface area contributed by atoms with Crippen LogP contribution in [0.25, 0.3) is 0 Å². The number of aryl methyl sites for hydroxylation is 1. The van der Waals surface area contributed by atoms with Crippen LogP contribution in [0.1, 0.15) is 41.8 Å². The number of hydrogen-bond acceptors (Lipinski definition) is 6. The number of thiazole rings is 1. The third kappa shape index (κ3) is 3.33. The lowest BCUT2D eigenvalue weighted by Gasteiger charge is -2.27. The van der Waals surface area contributed by atoms with Crippen LogP contribution in [0.3, 0.4) is 0 Å². The fourth-order valence-corrected chi connectivity index (χ4v) is 6.69. The fourth-order valence-electron chi connectivity index (χ4n) is 2.66. The Kier molecular flexibility index (Phi) is 4.93. The lowest BCUT2D eigenvalue weighted by molar-refractivity contribution is 0.235. The van der Waals surface area contributed by atoms with Gasteiger partial charge in [-0.1, -0.05) is 6.92 Å². The molecule has 6 nitrogen and oxygen atoms in total. The van der Waals surface area contributed by atoms with Gasteiger partial charge in [0.05, 0.1) is 17.8 Å². The van der Waals surface area contributed by atoms with Gasteiger partial charge in [-0.3, -0.25) is 0 Å². The molecule has 0 aliphatic carbocycles. The summed E-state index contributed by atoms with van der Waals surface area (Å²) in [6, 6.07) is 1.19. The predicted molar refractivity (Wildman–Crippen MR) is 95.2 cm³/mol. The zero-order valence-corrected chi connectivity index (χ0v) is 15.9. The van der Waals surface area contributed by atoms with Crippen molar-refractivity contribution in [2.45, 2.75) is 48.7 Å². The number of nitrogens with one attached hydrogen (secondary N) is 2. The highest BCUT2D eigenvalue weighted by atomic mass is 32.2. The van der Waals surface area contributed by atoms with Crippen molar-refractivity contribution in [3.8, 4) is 0 Å². The van der Waals surface area contributed by atoms with Crippen molar-refractivity contribution >= 4 is 38.5 Å². The van der Waals surface area contributed by atoms with Crippen LogP contribution in [0.4, 0.5) is 4.79 Å². The normalized spacial score (nSPS) is 21.9. The van der Waals surface area contributed by atoms with Gasteiger partial charge in [0.15, 0.2) is 9.84 Å². The van der Waals surface area contributed by atoms with E-state index in [0.717, 1.165) is 11.4 Å². The van der Waals surface area contributed by atoms with E-state index in [-0.39, 0.29) is 12.1 Å². The molecule has 1 aliphatic heterocycles. The molecule has 9 heteroatoms. The van der Waals surface area contributed by atoms with E-state index in [1.165, 1.54) is 16.2 Å². The van der Waals surface area contributed by atoms with Gasteiger partial charge in [-0.15, -0.1) is 22.7 Å². The highest BCUT2D eigenvalue weighted by Crippen LogP contribution is 2.39. The standard InChI is InChI=1S/C15H19N3O3S3/c1-3-10-7-16-13(23-10)8-17-15(19)18-12-6-9(2)24(20,21)14-11(12)4-5-22-14/h4-5,7,9,12H,3,6,8H2,1-2H3,(H2,17,18,19)/t9-,12-/m0/s1. The number of carbonyl (C=O) groups is 1. The molecule has 0 unspecified atom stereocenters. The Morgan fingerprint density at radius 1 is 1.46 bits per heavy atom. The first-order valence-corrected chi connectivity index (χ1v) is 10.9. The van der Waals surface area contributed by atoms with Gasteiger partial charge in [0.1, 0.15) is 9.22 Å². The van der Waals surface area contributed by atoms with Crippen molar-refractivity contribution < 1.29 is 13.2 Å². The van der Waals surface area contributed by atoms with E-state index >= 15 is 0 Å². The van der Waals surface area contributed by atoms with Gasteiger partial charge in [-0.2, -0.15) is 0 Å². The number of nitrogens with zero attached hydrogens (tertiary/aromatic N) is 1. The number of carbonyl (C=O) groups excluding carboxylic acids is 1. The van der Waals surface area contributed by atoms with Gasteiger partial charge in [0.2, 0.25) is 0 Å². The second-order valence-corrected chi connectivity index (χ2v) is 10.4. The van der Waals surface area contributed by atoms with E-state index in [1.807, 2.05) is 6.20 Å². The minimum absolute atomic E-state index is 0.285. The van der Waals surface area contributed by atoms with Crippen LogP contribution in [-0.2, 0) is 22.8 Å². The van der Waals surface area contributed by atoms with E-state index in [9.17, 15) is 13.2 Å². The molecule has 0 radical (unpaired) electrons. The lowest BCUT2D eigenvalue weighted by Crippen LogP contribution is -2.41. The molecule has 2 aromatic rings. The Hall–Kier alpha value is -1.45. The van der Waals surface area contributed by atoms with Crippen molar-refractivity contribution in [3.05, 3.63) is 33.1 Å². The van der Waals surface area contributed by atoms with Gasteiger partial charge in [0.25, 0.3) is 0 Å². The largest absolute Gasteiger partial charge is 0.332 e. The molecular weight excluding hydrogens is 366 g/mol. The Bertz CT molecular complexity index is 841. The molecule has 3 rings (SSSR count).